The molecule has 2 aromatic carbocycles. The van der Waals surface area contributed by atoms with E-state index < -0.39 is 11.6 Å². The predicted molar refractivity (Wildman–Crippen MR) is 98.7 cm³/mol. The Hall–Kier alpha value is -3.42. The molecule has 1 saturated heterocycles. The third kappa shape index (κ3) is 3.06. The van der Waals surface area contributed by atoms with E-state index in [1.807, 2.05) is 0 Å². The van der Waals surface area contributed by atoms with E-state index in [9.17, 15) is 9.59 Å². The van der Waals surface area contributed by atoms with Gasteiger partial charge in [-0.2, -0.15) is 0 Å². The lowest BCUT2D eigenvalue weighted by Gasteiger charge is -2.22. The van der Waals surface area contributed by atoms with Gasteiger partial charge >= 0.3 is 6.03 Å². The van der Waals surface area contributed by atoms with Gasteiger partial charge in [0.05, 0.1) is 13.7 Å². The Kier molecular flexibility index (Phi) is 4.46. The Morgan fingerprint density at radius 1 is 1.07 bits per heavy atom. The van der Waals surface area contributed by atoms with Crippen LogP contribution in [0.4, 0.5) is 4.79 Å². The number of fused-ring (bicyclic) bond motifs is 1. The summed E-state index contributed by atoms with van der Waals surface area (Å²) in [5.74, 6) is 2.19. The van der Waals surface area contributed by atoms with Gasteiger partial charge in [-0.15, -0.1) is 0 Å². The molecular weight excluding hydrogens is 364 g/mol. The van der Waals surface area contributed by atoms with E-state index in [0.29, 0.717) is 22.8 Å². The minimum absolute atomic E-state index is 0.136. The van der Waals surface area contributed by atoms with Gasteiger partial charge in [0, 0.05) is 0 Å². The molecule has 2 heterocycles. The lowest BCUT2D eigenvalue weighted by Crippen LogP contribution is -2.41. The van der Waals surface area contributed by atoms with Crippen LogP contribution in [0.2, 0.25) is 0 Å². The molecule has 28 heavy (non-hydrogen) atoms. The van der Waals surface area contributed by atoms with E-state index in [-0.39, 0.29) is 25.9 Å². The van der Waals surface area contributed by atoms with Crippen LogP contribution in [-0.4, -0.2) is 43.9 Å². The van der Waals surface area contributed by atoms with Gasteiger partial charge in [-0.25, -0.2) is 4.79 Å². The van der Waals surface area contributed by atoms with Crippen molar-refractivity contribution in [1.82, 2.24) is 10.2 Å². The predicted octanol–water partition coefficient (Wildman–Crippen LogP) is 2.27. The first-order valence-electron chi connectivity index (χ1n) is 8.82. The molecule has 1 fully saturated rings. The van der Waals surface area contributed by atoms with Crippen LogP contribution in [0.5, 0.6) is 23.0 Å². The molecule has 0 bridgehead atoms. The fraction of sp³-hybridized carbons (Fsp3) is 0.300. The molecule has 0 saturated carbocycles. The van der Waals surface area contributed by atoms with Gasteiger partial charge in [0.25, 0.3) is 5.91 Å². The molecule has 0 radical (unpaired) electrons. The number of amides is 3. The van der Waals surface area contributed by atoms with Gasteiger partial charge < -0.3 is 24.3 Å². The summed E-state index contributed by atoms with van der Waals surface area (Å²) in [6.45, 7) is 2.14. The Bertz CT molecular complexity index is 913. The number of ether oxygens (including phenoxy) is 4. The number of carbonyl (C=O) groups excluding carboxylic acids is 2. The van der Waals surface area contributed by atoms with Gasteiger partial charge in [0.2, 0.25) is 6.79 Å². The maximum Gasteiger partial charge on any atom is 0.325 e. The van der Waals surface area contributed by atoms with Gasteiger partial charge in [-0.3, -0.25) is 9.69 Å². The Balaban J connectivity index is 1.43. The summed E-state index contributed by atoms with van der Waals surface area (Å²) < 4.78 is 21.4. The van der Waals surface area contributed by atoms with Crippen LogP contribution < -0.4 is 24.3 Å². The smallest absolute Gasteiger partial charge is 0.325 e. The van der Waals surface area contributed by atoms with Gasteiger partial charge in [0.15, 0.2) is 11.5 Å². The summed E-state index contributed by atoms with van der Waals surface area (Å²) >= 11 is 0. The zero-order valence-electron chi connectivity index (χ0n) is 15.6. The third-order valence-electron chi connectivity index (χ3n) is 4.87. The molecule has 1 unspecified atom stereocenters. The number of urea groups is 1. The van der Waals surface area contributed by atoms with E-state index >= 15 is 0 Å². The minimum atomic E-state index is -1.17. The summed E-state index contributed by atoms with van der Waals surface area (Å²) in [4.78, 5) is 26.5. The summed E-state index contributed by atoms with van der Waals surface area (Å²) in [6, 6.07) is 11.8. The third-order valence-corrected chi connectivity index (χ3v) is 4.87. The quantitative estimate of drug-likeness (QED) is 0.769. The van der Waals surface area contributed by atoms with Crippen LogP contribution in [0.15, 0.2) is 42.5 Å². The van der Waals surface area contributed by atoms with Gasteiger partial charge in [0.1, 0.15) is 23.6 Å². The van der Waals surface area contributed by atoms with Crippen LogP contribution in [-0.2, 0) is 10.3 Å². The monoisotopic (exact) mass is 384 g/mol. The zero-order chi connectivity index (χ0) is 19.7. The Labute approximate surface area is 161 Å². The fourth-order valence-corrected chi connectivity index (χ4v) is 3.23. The lowest BCUT2D eigenvalue weighted by molar-refractivity contribution is -0.131. The number of benzene rings is 2. The van der Waals surface area contributed by atoms with E-state index in [4.69, 9.17) is 18.9 Å². The summed E-state index contributed by atoms with van der Waals surface area (Å²) in [5, 5.41) is 2.77. The first-order valence-corrected chi connectivity index (χ1v) is 8.82. The largest absolute Gasteiger partial charge is 0.497 e. The van der Waals surface area contributed by atoms with Crippen molar-refractivity contribution >= 4 is 11.9 Å². The molecule has 2 aliphatic rings. The topological polar surface area (TPSA) is 86.3 Å². The highest BCUT2D eigenvalue weighted by Crippen LogP contribution is 2.37. The minimum Gasteiger partial charge on any atom is -0.497 e. The number of nitrogens with zero attached hydrogens (tertiary/aromatic N) is 1. The van der Waals surface area contributed by atoms with Gasteiger partial charge in [-0.1, -0.05) is 6.07 Å². The van der Waals surface area contributed by atoms with Crippen LogP contribution in [0.3, 0.4) is 0 Å². The SMILES string of the molecule is COc1ccc(OCCN2C(=O)NC(C)(c3ccc4c(c3)OCO4)C2=O)cc1. The van der Waals surface area contributed by atoms with Crippen molar-refractivity contribution in [3.05, 3.63) is 48.0 Å². The van der Waals surface area contributed by atoms with Crippen molar-refractivity contribution in [3.63, 3.8) is 0 Å². The average molecular weight is 384 g/mol. The van der Waals surface area contributed by atoms with Crippen LogP contribution in [0, 0.1) is 0 Å². The summed E-state index contributed by atoms with van der Waals surface area (Å²) in [7, 11) is 1.59. The summed E-state index contributed by atoms with van der Waals surface area (Å²) in [6.07, 6.45) is 0. The number of rotatable bonds is 6. The Morgan fingerprint density at radius 3 is 2.54 bits per heavy atom. The van der Waals surface area contributed by atoms with Crippen molar-refractivity contribution in [1.29, 1.82) is 0 Å². The van der Waals surface area contributed by atoms with Crippen molar-refractivity contribution in [3.8, 4) is 23.0 Å². The number of nitrogens with one attached hydrogen (secondary N) is 1. The molecule has 0 aromatic heterocycles. The first kappa shape index (κ1) is 18.0. The van der Waals surface area contributed by atoms with Crippen LogP contribution >= 0.6 is 0 Å². The van der Waals surface area contributed by atoms with E-state index in [2.05, 4.69) is 5.32 Å². The van der Waals surface area contributed by atoms with Crippen LogP contribution in [0.25, 0.3) is 0 Å². The van der Waals surface area contributed by atoms with Crippen LogP contribution in [0.1, 0.15) is 12.5 Å². The molecule has 146 valence electrons. The van der Waals surface area contributed by atoms with Crippen molar-refractivity contribution in [2.45, 2.75) is 12.5 Å². The van der Waals surface area contributed by atoms with Crippen molar-refractivity contribution in [2.75, 3.05) is 27.1 Å². The fourth-order valence-electron chi connectivity index (χ4n) is 3.23. The second-order valence-corrected chi connectivity index (χ2v) is 6.60. The summed E-state index contributed by atoms with van der Waals surface area (Å²) in [5.41, 5.74) is -0.535. The number of hydrogen-bond donors (Lipinski definition) is 1. The molecule has 3 amide bonds. The molecule has 0 aliphatic carbocycles. The maximum atomic E-state index is 13.0. The molecule has 8 nitrogen and oxygen atoms in total. The Morgan fingerprint density at radius 2 is 1.79 bits per heavy atom. The second kappa shape index (κ2) is 6.95. The molecule has 0 spiro atoms. The molecule has 2 aromatic rings. The van der Waals surface area contributed by atoms with E-state index in [1.54, 1.807) is 56.5 Å². The lowest BCUT2D eigenvalue weighted by atomic mass is 9.91. The zero-order valence-corrected chi connectivity index (χ0v) is 15.6. The van der Waals surface area contributed by atoms with Crippen molar-refractivity contribution in [2.24, 2.45) is 0 Å². The molecular formula is C20H20N2O6. The first-order chi connectivity index (χ1) is 13.5. The number of methoxy groups -OCH3 is 1. The van der Waals surface area contributed by atoms with E-state index in [1.165, 1.54) is 0 Å². The van der Waals surface area contributed by atoms with Gasteiger partial charge in [-0.05, 0) is 48.9 Å². The number of hydrogen-bond acceptors (Lipinski definition) is 6. The highest BCUT2D eigenvalue weighted by atomic mass is 16.7. The number of carbonyl (C=O) groups is 2. The standard InChI is InChI=1S/C20H20N2O6/c1-20(13-3-8-16-17(11-13)28-12-27-16)18(23)22(19(24)21-20)9-10-26-15-6-4-14(25-2)5-7-15/h3-8,11H,9-10,12H2,1-2H3,(H,21,24). The maximum absolute atomic E-state index is 13.0. The molecule has 2 aliphatic heterocycles. The molecule has 1 atom stereocenters. The normalized spacial score (nSPS) is 20.3. The highest BCUT2D eigenvalue weighted by molar-refractivity contribution is 6.07. The second-order valence-electron chi connectivity index (χ2n) is 6.60. The molecule has 1 N–H and O–H groups in total. The van der Waals surface area contributed by atoms with Crippen molar-refractivity contribution < 1.29 is 28.5 Å². The highest BCUT2D eigenvalue weighted by Gasteiger charge is 2.49. The average Bonchev–Trinajstić information content (AvgIpc) is 3.26. The molecule has 4 rings (SSSR count). The molecule has 8 heteroatoms. The van der Waals surface area contributed by atoms with E-state index in [0.717, 1.165) is 10.6 Å². The number of imide groups is 1.